The highest BCUT2D eigenvalue weighted by Crippen LogP contribution is 2.23. The van der Waals surface area contributed by atoms with E-state index in [4.69, 9.17) is 16.1 Å². The standard InChI is InChI=1S/C17H13ClN4O/c1-22-10-19-14-7-6-12(8-15(14)22)17-20-16(23-21-17)9-11-4-2-3-5-13(11)18/h2-8,10H,9H2,1H3. The van der Waals surface area contributed by atoms with Crippen molar-refractivity contribution in [3.63, 3.8) is 0 Å². The van der Waals surface area contributed by atoms with E-state index in [-0.39, 0.29) is 0 Å². The molecule has 0 N–H and O–H groups in total. The normalized spacial score (nSPS) is 11.2. The van der Waals surface area contributed by atoms with Gasteiger partial charge in [-0.25, -0.2) is 4.98 Å². The first-order valence-electron chi connectivity index (χ1n) is 7.18. The van der Waals surface area contributed by atoms with Crippen LogP contribution in [0.2, 0.25) is 5.02 Å². The van der Waals surface area contributed by atoms with Gasteiger partial charge in [-0.2, -0.15) is 4.98 Å². The summed E-state index contributed by atoms with van der Waals surface area (Å²) in [5.74, 6) is 1.10. The number of benzene rings is 2. The molecule has 2 heterocycles. The molecule has 0 saturated heterocycles. The number of aryl methyl sites for hydroxylation is 1. The van der Waals surface area contributed by atoms with Crippen LogP contribution in [-0.2, 0) is 13.5 Å². The molecule has 5 nitrogen and oxygen atoms in total. The molecule has 0 saturated carbocycles. The lowest BCUT2D eigenvalue weighted by Crippen LogP contribution is -1.90. The molecular weight excluding hydrogens is 312 g/mol. The zero-order chi connectivity index (χ0) is 15.8. The Balaban J connectivity index is 1.66. The van der Waals surface area contributed by atoms with E-state index in [0.29, 0.717) is 23.2 Å². The van der Waals surface area contributed by atoms with Crippen LogP contribution >= 0.6 is 11.6 Å². The minimum Gasteiger partial charge on any atom is -0.339 e. The van der Waals surface area contributed by atoms with Crippen molar-refractivity contribution in [2.75, 3.05) is 0 Å². The quantitative estimate of drug-likeness (QED) is 0.574. The number of nitrogens with zero attached hydrogens (tertiary/aromatic N) is 4. The molecule has 0 amide bonds. The molecule has 6 heteroatoms. The van der Waals surface area contributed by atoms with Crippen molar-refractivity contribution in [1.29, 1.82) is 0 Å². The molecule has 4 rings (SSSR count). The van der Waals surface area contributed by atoms with Crippen molar-refractivity contribution in [2.45, 2.75) is 6.42 Å². The molecule has 0 aliphatic rings. The highest BCUT2D eigenvalue weighted by Gasteiger charge is 2.12. The maximum absolute atomic E-state index is 6.17. The van der Waals surface area contributed by atoms with Gasteiger partial charge in [-0.05, 0) is 29.8 Å². The lowest BCUT2D eigenvalue weighted by Gasteiger charge is -1.99. The molecule has 0 bridgehead atoms. The van der Waals surface area contributed by atoms with Gasteiger partial charge < -0.3 is 9.09 Å². The molecule has 23 heavy (non-hydrogen) atoms. The molecule has 114 valence electrons. The SMILES string of the molecule is Cn1cnc2ccc(-c3noc(Cc4ccccc4Cl)n3)cc21. The highest BCUT2D eigenvalue weighted by atomic mass is 35.5. The fourth-order valence-electron chi connectivity index (χ4n) is 2.51. The maximum atomic E-state index is 6.17. The third-order valence-corrected chi connectivity index (χ3v) is 4.12. The Bertz CT molecular complexity index is 989. The van der Waals surface area contributed by atoms with Crippen LogP contribution in [0.5, 0.6) is 0 Å². The number of rotatable bonds is 3. The summed E-state index contributed by atoms with van der Waals surface area (Å²) in [6.07, 6.45) is 2.30. The van der Waals surface area contributed by atoms with E-state index in [9.17, 15) is 0 Å². The Morgan fingerprint density at radius 3 is 2.91 bits per heavy atom. The second kappa shape index (κ2) is 5.52. The average Bonchev–Trinajstić information content (AvgIpc) is 3.17. The third kappa shape index (κ3) is 2.59. The summed E-state index contributed by atoms with van der Waals surface area (Å²) in [6.45, 7) is 0. The van der Waals surface area contributed by atoms with Crippen molar-refractivity contribution in [2.24, 2.45) is 7.05 Å². The number of hydrogen-bond donors (Lipinski definition) is 0. The largest absolute Gasteiger partial charge is 0.339 e. The molecule has 0 atom stereocenters. The number of imidazole rings is 1. The molecule has 4 aromatic rings. The van der Waals surface area contributed by atoms with Crippen LogP contribution in [0.25, 0.3) is 22.4 Å². The Morgan fingerprint density at radius 1 is 1.17 bits per heavy atom. The van der Waals surface area contributed by atoms with Crippen LogP contribution in [0.15, 0.2) is 53.3 Å². The third-order valence-electron chi connectivity index (χ3n) is 3.75. The summed E-state index contributed by atoms with van der Waals surface area (Å²) in [4.78, 5) is 8.78. The van der Waals surface area contributed by atoms with Gasteiger partial charge in [0.15, 0.2) is 0 Å². The molecule has 0 fully saturated rings. The van der Waals surface area contributed by atoms with Gasteiger partial charge in [0.25, 0.3) is 0 Å². The van der Waals surface area contributed by atoms with Crippen molar-refractivity contribution < 1.29 is 4.52 Å². The maximum Gasteiger partial charge on any atom is 0.231 e. The van der Waals surface area contributed by atoms with Gasteiger partial charge in [-0.3, -0.25) is 0 Å². The van der Waals surface area contributed by atoms with E-state index in [1.807, 2.05) is 54.1 Å². The summed E-state index contributed by atoms with van der Waals surface area (Å²) >= 11 is 6.17. The van der Waals surface area contributed by atoms with E-state index in [2.05, 4.69) is 15.1 Å². The van der Waals surface area contributed by atoms with Gasteiger partial charge in [0.1, 0.15) is 0 Å². The Morgan fingerprint density at radius 2 is 2.04 bits per heavy atom. The van der Waals surface area contributed by atoms with Crippen molar-refractivity contribution >= 4 is 22.6 Å². The fourth-order valence-corrected chi connectivity index (χ4v) is 2.72. The van der Waals surface area contributed by atoms with Gasteiger partial charge in [-0.1, -0.05) is 35.0 Å². The Kier molecular flexibility index (Phi) is 3.35. The van der Waals surface area contributed by atoms with Gasteiger partial charge in [0.05, 0.1) is 23.8 Å². The first kappa shape index (κ1) is 14.0. The summed E-state index contributed by atoms with van der Waals surface area (Å²) in [5, 5.41) is 4.77. The zero-order valence-corrected chi connectivity index (χ0v) is 13.2. The van der Waals surface area contributed by atoms with E-state index in [1.54, 1.807) is 6.33 Å². The molecule has 0 spiro atoms. The number of hydrogen-bond acceptors (Lipinski definition) is 4. The summed E-state index contributed by atoms with van der Waals surface area (Å²) < 4.78 is 7.32. The van der Waals surface area contributed by atoms with Crippen LogP contribution in [0.3, 0.4) is 0 Å². The highest BCUT2D eigenvalue weighted by molar-refractivity contribution is 6.31. The molecule has 0 aliphatic heterocycles. The van der Waals surface area contributed by atoms with Crippen molar-refractivity contribution in [3.05, 3.63) is 65.3 Å². The summed E-state index contributed by atoms with van der Waals surface area (Å²) in [5.41, 5.74) is 3.83. The predicted octanol–water partition coefficient (Wildman–Crippen LogP) is 3.87. The molecule has 2 aromatic heterocycles. The van der Waals surface area contributed by atoms with E-state index in [1.165, 1.54) is 0 Å². The second-order valence-corrected chi connectivity index (χ2v) is 5.75. The smallest absolute Gasteiger partial charge is 0.231 e. The molecular formula is C17H13ClN4O. The van der Waals surface area contributed by atoms with E-state index < -0.39 is 0 Å². The number of halogens is 1. The van der Waals surface area contributed by atoms with Gasteiger partial charge in [0.2, 0.25) is 11.7 Å². The van der Waals surface area contributed by atoms with E-state index in [0.717, 1.165) is 22.2 Å². The van der Waals surface area contributed by atoms with Crippen LogP contribution in [0.4, 0.5) is 0 Å². The monoisotopic (exact) mass is 324 g/mol. The van der Waals surface area contributed by atoms with Gasteiger partial charge >= 0.3 is 0 Å². The minimum atomic E-state index is 0.515. The number of fused-ring (bicyclic) bond motifs is 1. The minimum absolute atomic E-state index is 0.515. The second-order valence-electron chi connectivity index (χ2n) is 5.34. The summed E-state index contributed by atoms with van der Waals surface area (Å²) in [7, 11) is 1.96. The predicted molar refractivity (Wildman–Crippen MR) is 88.3 cm³/mol. The first-order chi connectivity index (χ1) is 11.2. The van der Waals surface area contributed by atoms with Gasteiger partial charge in [-0.15, -0.1) is 0 Å². The van der Waals surface area contributed by atoms with Crippen LogP contribution < -0.4 is 0 Å². The van der Waals surface area contributed by atoms with Gasteiger partial charge in [0, 0.05) is 17.6 Å². The lowest BCUT2D eigenvalue weighted by molar-refractivity contribution is 0.386. The fraction of sp³-hybridized carbons (Fsp3) is 0.118. The number of aromatic nitrogens is 4. The lowest BCUT2D eigenvalue weighted by atomic mass is 10.1. The van der Waals surface area contributed by atoms with Crippen molar-refractivity contribution in [3.8, 4) is 11.4 Å². The first-order valence-corrected chi connectivity index (χ1v) is 7.56. The van der Waals surface area contributed by atoms with E-state index >= 15 is 0 Å². The van der Waals surface area contributed by atoms with Crippen LogP contribution in [0.1, 0.15) is 11.5 Å². The summed E-state index contributed by atoms with van der Waals surface area (Å²) in [6, 6.07) is 13.5. The molecule has 2 aromatic carbocycles. The Hall–Kier alpha value is -2.66. The van der Waals surface area contributed by atoms with Crippen LogP contribution in [-0.4, -0.2) is 19.7 Å². The zero-order valence-electron chi connectivity index (χ0n) is 12.4. The molecule has 0 aliphatic carbocycles. The van der Waals surface area contributed by atoms with Crippen molar-refractivity contribution in [1.82, 2.24) is 19.7 Å². The Labute approximate surface area is 137 Å². The molecule has 0 radical (unpaired) electrons. The topological polar surface area (TPSA) is 56.7 Å². The molecule has 0 unspecified atom stereocenters. The van der Waals surface area contributed by atoms with Crippen LogP contribution in [0, 0.1) is 0 Å². The average molecular weight is 325 g/mol.